The number of carbonyl (C=O) groups excluding carboxylic acids is 2. The third-order valence-electron chi connectivity index (χ3n) is 3.58. The molecule has 0 saturated heterocycles. The molecule has 0 spiro atoms. The number of ether oxygens (including phenoxy) is 1. The number of carbonyl (C=O) groups is 2. The summed E-state index contributed by atoms with van der Waals surface area (Å²) >= 11 is 12.3. The minimum atomic E-state index is -1.03. The zero-order valence-electron chi connectivity index (χ0n) is 14.2. The molecule has 2 amide bonds. The topological polar surface area (TPSA) is 146 Å². The average molecular weight is 426 g/mol. The van der Waals surface area contributed by atoms with E-state index in [4.69, 9.17) is 27.9 Å². The number of amidine groups is 1. The van der Waals surface area contributed by atoms with Crippen molar-refractivity contribution in [2.45, 2.75) is 13.0 Å². The van der Waals surface area contributed by atoms with E-state index in [0.717, 1.165) is 0 Å². The van der Waals surface area contributed by atoms with Crippen LogP contribution in [0.5, 0.6) is 11.6 Å². The molecule has 0 aliphatic carbocycles. The molecule has 3 rings (SSSR count). The van der Waals surface area contributed by atoms with E-state index in [0.29, 0.717) is 0 Å². The third-order valence-corrected chi connectivity index (χ3v) is 4.14. The van der Waals surface area contributed by atoms with Gasteiger partial charge in [0.1, 0.15) is 6.54 Å². The first kappa shape index (κ1) is 19.8. The minimum Gasteiger partial charge on any atom is -0.434 e. The molecule has 0 bridgehead atoms. The van der Waals surface area contributed by atoms with E-state index in [2.05, 4.69) is 25.8 Å². The van der Waals surface area contributed by atoms with Gasteiger partial charge in [-0.15, -0.1) is 5.10 Å². The average Bonchev–Trinajstić information content (AvgIpc) is 3.06. The molecule has 4 N–H and O–H groups in total. The highest BCUT2D eigenvalue weighted by Gasteiger charge is 2.21. The normalized spacial score (nSPS) is 14.3. The Morgan fingerprint density at radius 2 is 1.96 bits per heavy atom. The Morgan fingerprint density at radius 1 is 1.29 bits per heavy atom. The molecule has 1 unspecified atom stereocenters. The van der Waals surface area contributed by atoms with Gasteiger partial charge in [-0.2, -0.15) is 0 Å². The molecule has 1 aliphatic heterocycles. The van der Waals surface area contributed by atoms with Gasteiger partial charge in [-0.1, -0.05) is 23.2 Å². The fraction of sp³-hybridized carbons (Fsp3) is 0.188. The lowest BCUT2D eigenvalue weighted by Gasteiger charge is -2.12. The summed E-state index contributed by atoms with van der Waals surface area (Å²) in [4.78, 5) is 38.5. The van der Waals surface area contributed by atoms with Crippen LogP contribution in [0.25, 0.3) is 0 Å². The van der Waals surface area contributed by atoms with Crippen LogP contribution in [-0.2, 0) is 9.59 Å². The van der Waals surface area contributed by atoms with Crippen molar-refractivity contribution in [2.75, 3.05) is 11.9 Å². The summed E-state index contributed by atoms with van der Waals surface area (Å²) < 4.78 is 5.51. The van der Waals surface area contributed by atoms with Crippen molar-refractivity contribution in [2.24, 2.45) is 4.99 Å². The number of hydrogen-bond acceptors (Lipinski definition) is 7. The van der Waals surface area contributed by atoms with E-state index < -0.39 is 17.6 Å². The minimum absolute atomic E-state index is 0.0314. The van der Waals surface area contributed by atoms with Crippen molar-refractivity contribution in [3.05, 3.63) is 44.2 Å². The second kappa shape index (κ2) is 7.97. The van der Waals surface area contributed by atoms with E-state index in [1.165, 1.54) is 25.1 Å². The van der Waals surface area contributed by atoms with Gasteiger partial charge in [0.25, 0.3) is 11.5 Å². The largest absolute Gasteiger partial charge is 0.434 e. The number of hydrogen-bond donors (Lipinski definition) is 4. The number of rotatable bonds is 5. The predicted octanol–water partition coefficient (Wildman–Crippen LogP) is 1.39. The number of halogens is 2. The Hall–Kier alpha value is -2.95. The van der Waals surface area contributed by atoms with Crippen LogP contribution in [0.1, 0.15) is 18.6 Å². The van der Waals surface area contributed by atoms with Crippen LogP contribution in [0, 0.1) is 0 Å². The van der Waals surface area contributed by atoms with E-state index in [1.807, 2.05) is 0 Å². The number of aliphatic hydroxyl groups excluding tert-OH is 1. The summed E-state index contributed by atoms with van der Waals surface area (Å²) in [7, 11) is 0. The summed E-state index contributed by atoms with van der Waals surface area (Å²) in [5.41, 5.74) is -0.254. The molecule has 12 heteroatoms. The van der Waals surface area contributed by atoms with Crippen LogP contribution in [0.4, 0.5) is 5.69 Å². The van der Waals surface area contributed by atoms with Crippen molar-refractivity contribution in [3.63, 3.8) is 0 Å². The van der Waals surface area contributed by atoms with Gasteiger partial charge in [0.15, 0.2) is 11.6 Å². The highest BCUT2D eigenvalue weighted by atomic mass is 35.5. The second-order valence-electron chi connectivity index (χ2n) is 5.70. The Labute approximate surface area is 167 Å². The van der Waals surface area contributed by atoms with Crippen LogP contribution in [0.2, 0.25) is 10.0 Å². The molecule has 146 valence electrons. The first-order valence-electron chi connectivity index (χ1n) is 7.85. The van der Waals surface area contributed by atoms with Crippen molar-refractivity contribution in [3.8, 4) is 11.6 Å². The van der Waals surface area contributed by atoms with Gasteiger partial charge in [-0.05, 0) is 19.1 Å². The lowest BCUT2D eigenvalue weighted by Crippen LogP contribution is -2.34. The van der Waals surface area contributed by atoms with Gasteiger partial charge >= 0.3 is 0 Å². The number of nitrogens with zero attached hydrogens (tertiary/aromatic N) is 2. The SMILES string of the molecule is CC(O)c1cc(Oc2c(Cl)cc(NC(=O)C3=NCC(=O)N3)cc2Cl)n[nH]c1=O. The molecule has 1 atom stereocenters. The summed E-state index contributed by atoms with van der Waals surface area (Å²) in [6.07, 6.45) is -1.03. The summed E-state index contributed by atoms with van der Waals surface area (Å²) in [5.74, 6) is -1.13. The molecule has 0 radical (unpaired) electrons. The Kier molecular flexibility index (Phi) is 5.63. The molecule has 10 nitrogen and oxygen atoms in total. The molecule has 0 saturated carbocycles. The molecule has 2 aromatic rings. The summed E-state index contributed by atoms with van der Waals surface area (Å²) in [6, 6.07) is 4.01. The molecule has 28 heavy (non-hydrogen) atoms. The van der Waals surface area contributed by atoms with Crippen LogP contribution < -0.4 is 20.9 Å². The van der Waals surface area contributed by atoms with Crippen molar-refractivity contribution in [1.82, 2.24) is 15.5 Å². The number of aliphatic hydroxyl groups is 1. The quantitative estimate of drug-likeness (QED) is 0.569. The van der Waals surface area contributed by atoms with Crippen LogP contribution in [0.3, 0.4) is 0 Å². The lowest BCUT2D eigenvalue weighted by molar-refractivity contribution is -0.118. The molecule has 1 aromatic heterocycles. The maximum atomic E-state index is 12.1. The maximum Gasteiger partial charge on any atom is 0.291 e. The number of nitrogens with one attached hydrogen (secondary N) is 3. The smallest absolute Gasteiger partial charge is 0.291 e. The van der Waals surface area contributed by atoms with E-state index >= 15 is 0 Å². The van der Waals surface area contributed by atoms with Crippen molar-refractivity contribution >= 4 is 46.5 Å². The van der Waals surface area contributed by atoms with Gasteiger partial charge in [0.2, 0.25) is 11.8 Å². The standard InChI is InChI=1S/C16H13Cl2N5O5/c1-6(24)8-4-12(22-23-15(8)26)28-13-9(17)2-7(3-10(13)18)20-16(27)14-19-5-11(25)21-14/h2-4,6,24H,5H2,1H3,(H,20,27)(H,23,26)(H,19,21,25). The summed E-state index contributed by atoms with van der Waals surface area (Å²) in [5, 5.41) is 20.4. The first-order chi connectivity index (χ1) is 13.2. The van der Waals surface area contributed by atoms with Gasteiger partial charge in [0.05, 0.1) is 21.7 Å². The van der Waals surface area contributed by atoms with Gasteiger partial charge in [0, 0.05) is 11.8 Å². The van der Waals surface area contributed by atoms with Crippen molar-refractivity contribution in [1.29, 1.82) is 0 Å². The highest BCUT2D eigenvalue weighted by Crippen LogP contribution is 2.38. The first-order valence-corrected chi connectivity index (χ1v) is 8.60. The number of H-pyrrole nitrogens is 1. The third kappa shape index (κ3) is 4.30. The van der Waals surface area contributed by atoms with Gasteiger partial charge in [-0.3, -0.25) is 19.4 Å². The van der Waals surface area contributed by atoms with Crippen LogP contribution in [0.15, 0.2) is 28.0 Å². The van der Waals surface area contributed by atoms with Gasteiger partial charge < -0.3 is 20.5 Å². The number of anilines is 1. The predicted molar refractivity (Wildman–Crippen MR) is 101 cm³/mol. The number of benzene rings is 1. The molecule has 2 heterocycles. The zero-order valence-corrected chi connectivity index (χ0v) is 15.8. The molecule has 1 aliphatic rings. The van der Waals surface area contributed by atoms with Crippen molar-refractivity contribution < 1.29 is 19.4 Å². The number of amides is 2. The fourth-order valence-corrected chi connectivity index (χ4v) is 2.84. The Morgan fingerprint density at radius 3 is 2.54 bits per heavy atom. The Balaban J connectivity index is 1.81. The van der Waals surface area contributed by atoms with Crippen LogP contribution in [-0.4, -0.2) is 39.5 Å². The molecular weight excluding hydrogens is 413 g/mol. The van der Waals surface area contributed by atoms with Gasteiger partial charge in [-0.25, -0.2) is 5.10 Å². The number of aromatic nitrogens is 2. The number of aliphatic imine (C=N–C) groups is 1. The van der Waals surface area contributed by atoms with Crippen LogP contribution >= 0.6 is 23.2 Å². The Bertz CT molecular complexity index is 1030. The van der Waals surface area contributed by atoms with E-state index in [-0.39, 0.29) is 51.2 Å². The highest BCUT2D eigenvalue weighted by molar-refractivity contribution is 6.46. The number of aromatic amines is 1. The lowest BCUT2D eigenvalue weighted by atomic mass is 10.2. The molecule has 1 aromatic carbocycles. The maximum absolute atomic E-state index is 12.1. The fourth-order valence-electron chi connectivity index (χ4n) is 2.28. The van der Waals surface area contributed by atoms with E-state index in [9.17, 15) is 19.5 Å². The zero-order chi connectivity index (χ0) is 20.4. The molecular formula is C16H13Cl2N5O5. The summed E-state index contributed by atoms with van der Waals surface area (Å²) in [6.45, 7) is 1.31. The van der Waals surface area contributed by atoms with E-state index in [1.54, 1.807) is 0 Å². The second-order valence-corrected chi connectivity index (χ2v) is 6.52. The monoisotopic (exact) mass is 425 g/mol. The molecule has 0 fully saturated rings.